The van der Waals surface area contributed by atoms with Crippen molar-refractivity contribution in [2.24, 2.45) is 11.8 Å². The van der Waals surface area contributed by atoms with Gasteiger partial charge in [0, 0.05) is 17.1 Å². The Balaban J connectivity index is 1.25. The quantitative estimate of drug-likeness (QED) is 0.250. The molecule has 39 heavy (non-hydrogen) atoms. The van der Waals surface area contributed by atoms with Gasteiger partial charge in [-0.1, -0.05) is 84.4 Å². The van der Waals surface area contributed by atoms with Gasteiger partial charge in [-0.3, -0.25) is 0 Å². The van der Waals surface area contributed by atoms with E-state index in [1.54, 1.807) is 11.1 Å². The second-order valence-corrected chi connectivity index (χ2v) is 12.9. The molecule has 1 nitrogen and oxygen atoms in total. The zero-order chi connectivity index (χ0) is 26.6. The molecule has 0 spiro atoms. The number of anilines is 3. The van der Waals surface area contributed by atoms with Gasteiger partial charge in [0.1, 0.15) is 0 Å². The molecular formula is C38H39N. The summed E-state index contributed by atoms with van der Waals surface area (Å²) < 4.78 is 0. The van der Waals surface area contributed by atoms with Crippen LogP contribution < -0.4 is 4.90 Å². The lowest BCUT2D eigenvalue weighted by Gasteiger charge is -2.63. The molecule has 8 rings (SSSR count). The first kappa shape index (κ1) is 24.5. The number of hydrogen-bond acceptors (Lipinski definition) is 1. The highest BCUT2D eigenvalue weighted by atomic mass is 15.1. The van der Waals surface area contributed by atoms with E-state index in [4.69, 9.17) is 0 Å². The van der Waals surface area contributed by atoms with Crippen LogP contribution in [0.4, 0.5) is 17.1 Å². The molecule has 4 aromatic carbocycles. The molecule has 196 valence electrons. The summed E-state index contributed by atoms with van der Waals surface area (Å²) >= 11 is 0. The van der Waals surface area contributed by atoms with Crippen LogP contribution in [0, 0.1) is 25.7 Å². The molecule has 0 saturated heterocycles. The second kappa shape index (κ2) is 9.26. The Bertz CT molecular complexity index is 1420. The number of nitrogens with zero attached hydrogens (tertiary/aromatic N) is 1. The van der Waals surface area contributed by atoms with Gasteiger partial charge >= 0.3 is 0 Å². The van der Waals surface area contributed by atoms with Crippen LogP contribution in [0.15, 0.2) is 104 Å². The van der Waals surface area contributed by atoms with Crippen molar-refractivity contribution in [3.63, 3.8) is 0 Å². The van der Waals surface area contributed by atoms with Gasteiger partial charge in [-0.05, 0) is 128 Å². The predicted octanol–water partition coefficient (Wildman–Crippen LogP) is 10.2. The largest absolute Gasteiger partial charge is 0.311 e. The summed E-state index contributed by atoms with van der Waals surface area (Å²) in [5, 5.41) is 0. The zero-order valence-corrected chi connectivity index (χ0v) is 23.4. The van der Waals surface area contributed by atoms with Gasteiger partial charge in [0.2, 0.25) is 0 Å². The molecule has 0 aromatic heterocycles. The molecule has 0 heterocycles. The maximum atomic E-state index is 3.97. The fourth-order valence-corrected chi connectivity index (χ4v) is 8.71. The molecule has 4 bridgehead atoms. The summed E-state index contributed by atoms with van der Waals surface area (Å²) in [7, 11) is 0. The van der Waals surface area contributed by atoms with E-state index in [1.165, 1.54) is 72.3 Å². The first-order valence-corrected chi connectivity index (χ1v) is 14.7. The molecule has 2 atom stereocenters. The molecule has 0 aliphatic heterocycles. The Morgan fingerprint density at radius 1 is 0.590 bits per heavy atom. The molecular weight excluding hydrogens is 470 g/mol. The SMILES string of the molecule is C=Cc1ccc(C23CC4CC(C2)CC(c2ccc(N(c5ccc(C)cc5)c5ccc(C)cc5)cc2)(C4)C3)cc1. The Hall–Kier alpha value is -3.58. The fraction of sp³-hybridized carbons (Fsp3) is 0.316. The lowest BCUT2D eigenvalue weighted by molar-refractivity contribution is -0.0281. The summed E-state index contributed by atoms with van der Waals surface area (Å²) in [5.41, 5.74) is 11.2. The van der Waals surface area contributed by atoms with Crippen molar-refractivity contribution in [2.45, 2.75) is 63.2 Å². The van der Waals surface area contributed by atoms with Gasteiger partial charge < -0.3 is 4.90 Å². The van der Waals surface area contributed by atoms with Crippen LogP contribution >= 0.6 is 0 Å². The molecule has 4 saturated carbocycles. The van der Waals surface area contributed by atoms with E-state index < -0.39 is 0 Å². The van der Waals surface area contributed by atoms with Crippen LogP contribution in [0.5, 0.6) is 0 Å². The molecule has 0 radical (unpaired) electrons. The highest BCUT2D eigenvalue weighted by Gasteiger charge is 2.58. The third kappa shape index (κ3) is 4.24. The standard InChI is InChI=1S/C38H39N/c1-4-29-9-11-32(12-10-29)37-22-30-21-31(23-37)25-38(24-30,26-37)33-13-19-36(20-14-33)39(34-15-5-27(2)6-16-34)35-17-7-28(3)8-18-35/h4-20,30-31H,1,21-26H2,2-3H3. The Morgan fingerprint density at radius 3 is 1.38 bits per heavy atom. The number of aryl methyl sites for hydroxylation is 2. The molecule has 4 fully saturated rings. The van der Waals surface area contributed by atoms with Gasteiger partial charge in [0.15, 0.2) is 0 Å². The molecule has 1 heteroatoms. The lowest BCUT2D eigenvalue weighted by Crippen LogP contribution is -2.55. The summed E-state index contributed by atoms with van der Waals surface area (Å²) in [6.07, 6.45) is 10.1. The van der Waals surface area contributed by atoms with Crippen molar-refractivity contribution in [1.29, 1.82) is 0 Å². The summed E-state index contributed by atoms with van der Waals surface area (Å²) in [4.78, 5) is 2.39. The zero-order valence-electron chi connectivity index (χ0n) is 23.4. The van der Waals surface area contributed by atoms with Gasteiger partial charge in [-0.25, -0.2) is 0 Å². The molecule has 4 aliphatic rings. The monoisotopic (exact) mass is 509 g/mol. The van der Waals surface area contributed by atoms with Crippen molar-refractivity contribution in [3.8, 4) is 0 Å². The highest BCUT2D eigenvalue weighted by molar-refractivity contribution is 5.76. The average Bonchev–Trinajstić information content (AvgIpc) is 2.95. The average molecular weight is 510 g/mol. The minimum Gasteiger partial charge on any atom is -0.311 e. The Kier molecular flexibility index (Phi) is 5.81. The number of benzene rings is 4. The van der Waals surface area contributed by atoms with Gasteiger partial charge in [0.25, 0.3) is 0 Å². The second-order valence-electron chi connectivity index (χ2n) is 12.9. The van der Waals surface area contributed by atoms with Crippen LogP contribution in [-0.2, 0) is 10.8 Å². The molecule has 4 aliphatic carbocycles. The van der Waals surface area contributed by atoms with Gasteiger partial charge in [-0.2, -0.15) is 0 Å². The van der Waals surface area contributed by atoms with E-state index in [1.807, 2.05) is 6.08 Å². The maximum absolute atomic E-state index is 3.97. The minimum atomic E-state index is 0.304. The van der Waals surface area contributed by atoms with Crippen molar-refractivity contribution in [1.82, 2.24) is 0 Å². The Morgan fingerprint density at radius 2 is 0.974 bits per heavy atom. The molecule has 4 aromatic rings. The molecule has 0 N–H and O–H groups in total. The van der Waals surface area contributed by atoms with Crippen molar-refractivity contribution in [3.05, 3.63) is 131 Å². The van der Waals surface area contributed by atoms with E-state index in [0.717, 1.165) is 11.8 Å². The normalized spacial score (nSPS) is 26.9. The lowest BCUT2D eigenvalue weighted by atomic mass is 9.42. The van der Waals surface area contributed by atoms with E-state index in [9.17, 15) is 0 Å². The van der Waals surface area contributed by atoms with Crippen molar-refractivity contribution in [2.75, 3.05) is 4.90 Å². The number of hydrogen-bond donors (Lipinski definition) is 0. The van der Waals surface area contributed by atoms with Gasteiger partial charge in [0.05, 0.1) is 0 Å². The maximum Gasteiger partial charge on any atom is 0.0461 e. The van der Waals surface area contributed by atoms with E-state index in [0.29, 0.717) is 10.8 Å². The summed E-state index contributed by atoms with van der Waals surface area (Å²) in [5.74, 6) is 1.70. The Labute approximate surface area is 234 Å². The van der Waals surface area contributed by atoms with E-state index >= 15 is 0 Å². The van der Waals surface area contributed by atoms with Crippen LogP contribution in [0.1, 0.15) is 66.3 Å². The van der Waals surface area contributed by atoms with E-state index in [-0.39, 0.29) is 0 Å². The van der Waals surface area contributed by atoms with Crippen LogP contribution in [0.25, 0.3) is 6.08 Å². The van der Waals surface area contributed by atoms with Crippen LogP contribution in [0.3, 0.4) is 0 Å². The first-order chi connectivity index (χ1) is 19.0. The number of rotatable bonds is 6. The van der Waals surface area contributed by atoms with Crippen LogP contribution in [-0.4, -0.2) is 0 Å². The summed E-state index contributed by atoms with van der Waals surface area (Å²) in [6, 6.07) is 36.8. The minimum absolute atomic E-state index is 0.304. The van der Waals surface area contributed by atoms with E-state index in [2.05, 4.69) is 122 Å². The van der Waals surface area contributed by atoms with Crippen molar-refractivity contribution < 1.29 is 0 Å². The van der Waals surface area contributed by atoms with Gasteiger partial charge in [-0.15, -0.1) is 0 Å². The van der Waals surface area contributed by atoms with Crippen molar-refractivity contribution >= 4 is 23.1 Å². The third-order valence-electron chi connectivity index (χ3n) is 10.1. The highest BCUT2D eigenvalue weighted by Crippen LogP contribution is 2.66. The molecule has 2 unspecified atom stereocenters. The first-order valence-electron chi connectivity index (χ1n) is 14.7. The topological polar surface area (TPSA) is 3.24 Å². The summed E-state index contributed by atoms with van der Waals surface area (Å²) in [6.45, 7) is 8.27. The van der Waals surface area contributed by atoms with Crippen LogP contribution in [0.2, 0.25) is 0 Å². The smallest absolute Gasteiger partial charge is 0.0461 e. The molecule has 0 amide bonds. The fourth-order valence-electron chi connectivity index (χ4n) is 8.71. The predicted molar refractivity (Wildman–Crippen MR) is 165 cm³/mol. The third-order valence-corrected chi connectivity index (χ3v) is 10.1.